The SMILES string of the molecule is CCOC(=O)c1ccc(CC(=O)NC(c2ccccc2)c2ccc(C)cc2N2CCCCC2)cc1OCC. The number of piperidine rings is 1. The van der Waals surface area contributed by atoms with E-state index in [4.69, 9.17) is 9.47 Å². The van der Waals surface area contributed by atoms with Crippen molar-refractivity contribution in [2.24, 2.45) is 0 Å². The minimum atomic E-state index is -0.430. The first-order chi connectivity index (χ1) is 18.5. The molecule has 1 amide bonds. The highest BCUT2D eigenvalue weighted by Gasteiger charge is 2.24. The van der Waals surface area contributed by atoms with Gasteiger partial charge >= 0.3 is 5.97 Å². The van der Waals surface area contributed by atoms with Crippen LogP contribution in [-0.4, -0.2) is 38.2 Å². The summed E-state index contributed by atoms with van der Waals surface area (Å²) in [6.07, 6.45) is 3.78. The number of hydrogen-bond acceptors (Lipinski definition) is 5. The number of carbonyl (C=O) groups excluding carboxylic acids is 2. The number of rotatable bonds is 10. The van der Waals surface area contributed by atoms with Crippen molar-refractivity contribution in [1.82, 2.24) is 5.32 Å². The van der Waals surface area contributed by atoms with Crippen molar-refractivity contribution in [2.75, 3.05) is 31.2 Å². The molecule has 1 aliphatic heterocycles. The van der Waals surface area contributed by atoms with Gasteiger partial charge in [0, 0.05) is 24.3 Å². The first-order valence-electron chi connectivity index (χ1n) is 13.6. The number of anilines is 1. The van der Waals surface area contributed by atoms with Crippen LogP contribution in [0.4, 0.5) is 5.69 Å². The molecule has 1 unspecified atom stereocenters. The highest BCUT2D eigenvalue weighted by Crippen LogP contribution is 2.33. The second-order valence-electron chi connectivity index (χ2n) is 9.68. The van der Waals surface area contributed by atoms with Crippen molar-refractivity contribution >= 4 is 17.6 Å². The molecule has 1 aliphatic rings. The molecule has 0 radical (unpaired) electrons. The van der Waals surface area contributed by atoms with Crippen molar-refractivity contribution in [1.29, 1.82) is 0 Å². The summed E-state index contributed by atoms with van der Waals surface area (Å²) in [7, 11) is 0. The number of hydrogen-bond donors (Lipinski definition) is 1. The van der Waals surface area contributed by atoms with Gasteiger partial charge < -0.3 is 19.7 Å². The molecule has 1 heterocycles. The molecule has 0 spiro atoms. The van der Waals surface area contributed by atoms with Gasteiger partial charge in [-0.3, -0.25) is 4.79 Å². The lowest BCUT2D eigenvalue weighted by molar-refractivity contribution is -0.120. The van der Waals surface area contributed by atoms with E-state index in [1.807, 2.05) is 25.1 Å². The van der Waals surface area contributed by atoms with Crippen LogP contribution >= 0.6 is 0 Å². The molecule has 0 aliphatic carbocycles. The molecule has 1 saturated heterocycles. The van der Waals surface area contributed by atoms with Crippen molar-refractivity contribution in [3.63, 3.8) is 0 Å². The van der Waals surface area contributed by atoms with E-state index in [0.717, 1.165) is 29.8 Å². The zero-order chi connectivity index (χ0) is 26.9. The van der Waals surface area contributed by atoms with Crippen molar-refractivity contribution in [2.45, 2.75) is 52.5 Å². The van der Waals surface area contributed by atoms with E-state index in [-0.39, 0.29) is 25.0 Å². The summed E-state index contributed by atoms with van der Waals surface area (Å²) in [6.45, 7) is 8.49. The Morgan fingerprint density at radius 1 is 0.921 bits per heavy atom. The van der Waals surface area contributed by atoms with Crippen LogP contribution in [0, 0.1) is 6.92 Å². The van der Waals surface area contributed by atoms with Crippen molar-refractivity contribution in [3.05, 3.63) is 94.5 Å². The summed E-state index contributed by atoms with van der Waals surface area (Å²) in [5.74, 6) is -0.0992. The predicted octanol–water partition coefficient (Wildman–Crippen LogP) is 6.01. The highest BCUT2D eigenvalue weighted by atomic mass is 16.5. The third kappa shape index (κ3) is 6.74. The predicted molar refractivity (Wildman–Crippen MR) is 151 cm³/mol. The summed E-state index contributed by atoms with van der Waals surface area (Å²) in [5.41, 5.74) is 5.67. The van der Waals surface area contributed by atoms with E-state index in [1.54, 1.807) is 25.1 Å². The Bertz CT molecular complexity index is 1240. The summed E-state index contributed by atoms with van der Waals surface area (Å²) < 4.78 is 10.9. The Morgan fingerprint density at radius 2 is 1.68 bits per heavy atom. The highest BCUT2D eigenvalue weighted by molar-refractivity contribution is 5.93. The van der Waals surface area contributed by atoms with Gasteiger partial charge in [0.2, 0.25) is 5.91 Å². The second kappa shape index (κ2) is 13.1. The van der Waals surface area contributed by atoms with E-state index >= 15 is 0 Å². The van der Waals surface area contributed by atoms with Gasteiger partial charge in [-0.25, -0.2) is 4.79 Å². The van der Waals surface area contributed by atoms with E-state index in [1.165, 1.54) is 30.5 Å². The molecule has 1 atom stereocenters. The normalized spacial score (nSPS) is 14.0. The molecule has 4 rings (SSSR count). The van der Waals surface area contributed by atoms with Gasteiger partial charge in [-0.2, -0.15) is 0 Å². The fraction of sp³-hybridized carbons (Fsp3) is 0.375. The van der Waals surface area contributed by atoms with Gasteiger partial charge in [-0.1, -0.05) is 48.5 Å². The second-order valence-corrected chi connectivity index (χ2v) is 9.68. The van der Waals surface area contributed by atoms with Crippen molar-refractivity contribution in [3.8, 4) is 5.75 Å². The quantitative estimate of drug-likeness (QED) is 0.336. The summed E-state index contributed by atoms with van der Waals surface area (Å²) in [6, 6.07) is 21.6. The van der Waals surface area contributed by atoms with Crippen LogP contribution in [0.3, 0.4) is 0 Å². The number of ether oxygens (including phenoxy) is 2. The number of nitrogens with one attached hydrogen (secondary N) is 1. The minimum Gasteiger partial charge on any atom is -0.493 e. The van der Waals surface area contributed by atoms with Crippen LogP contribution in [0.2, 0.25) is 0 Å². The fourth-order valence-corrected chi connectivity index (χ4v) is 5.02. The zero-order valence-corrected chi connectivity index (χ0v) is 22.7. The van der Waals surface area contributed by atoms with Crippen LogP contribution in [0.25, 0.3) is 0 Å². The molecule has 1 fully saturated rings. The molecule has 200 valence electrons. The van der Waals surface area contributed by atoms with E-state index < -0.39 is 5.97 Å². The van der Waals surface area contributed by atoms with Crippen LogP contribution < -0.4 is 15.0 Å². The summed E-state index contributed by atoms with van der Waals surface area (Å²) in [5, 5.41) is 3.31. The van der Waals surface area contributed by atoms with Crippen LogP contribution in [-0.2, 0) is 16.0 Å². The van der Waals surface area contributed by atoms with Crippen LogP contribution in [0.1, 0.15) is 71.8 Å². The maximum Gasteiger partial charge on any atom is 0.341 e. The molecule has 3 aromatic rings. The molecule has 3 aromatic carbocycles. The van der Waals surface area contributed by atoms with Gasteiger partial charge in [0.1, 0.15) is 11.3 Å². The third-order valence-electron chi connectivity index (χ3n) is 6.84. The maximum atomic E-state index is 13.5. The molecule has 6 heteroatoms. The molecule has 0 saturated carbocycles. The topological polar surface area (TPSA) is 67.9 Å². The maximum absolute atomic E-state index is 13.5. The first kappa shape index (κ1) is 27.2. The number of carbonyl (C=O) groups is 2. The Hall–Kier alpha value is -3.80. The van der Waals surface area contributed by atoms with E-state index in [2.05, 4.69) is 47.5 Å². The average Bonchev–Trinajstić information content (AvgIpc) is 2.93. The number of nitrogens with zero attached hydrogens (tertiary/aromatic N) is 1. The van der Waals surface area contributed by atoms with Crippen molar-refractivity contribution < 1.29 is 19.1 Å². The van der Waals surface area contributed by atoms with Gasteiger partial charge in [-0.05, 0) is 74.9 Å². The smallest absolute Gasteiger partial charge is 0.341 e. The molecule has 6 nitrogen and oxygen atoms in total. The Morgan fingerprint density at radius 3 is 2.39 bits per heavy atom. The summed E-state index contributed by atoms with van der Waals surface area (Å²) in [4.78, 5) is 28.2. The molecular formula is C32H38N2O4. The van der Waals surface area contributed by atoms with Gasteiger partial charge in [-0.15, -0.1) is 0 Å². The van der Waals surface area contributed by atoms with E-state index in [9.17, 15) is 9.59 Å². The molecule has 38 heavy (non-hydrogen) atoms. The largest absolute Gasteiger partial charge is 0.493 e. The molecule has 0 aromatic heterocycles. The van der Waals surface area contributed by atoms with Gasteiger partial charge in [0.25, 0.3) is 0 Å². The number of benzene rings is 3. The number of amides is 1. The van der Waals surface area contributed by atoms with Crippen LogP contribution in [0.5, 0.6) is 5.75 Å². The first-order valence-corrected chi connectivity index (χ1v) is 13.6. The van der Waals surface area contributed by atoms with Gasteiger partial charge in [0.05, 0.1) is 25.7 Å². The number of esters is 1. The molecule has 1 N–H and O–H groups in total. The average molecular weight is 515 g/mol. The molecular weight excluding hydrogens is 476 g/mol. The Kier molecular flexibility index (Phi) is 9.41. The zero-order valence-electron chi connectivity index (χ0n) is 22.7. The van der Waals surface area contributed by atoms with Gasteiger partial charge in [0.15, 0.2) is 0 Å². The summed E-state index contributed by atoms with van der Waals surface area (Å²) >= 11 is 0. The van der Waals surface area contributed by atoms with E-state index in [0.29, 0.717) is 17.9 Å². The van der Waals surface area contributed by atoms with Crippen LogP contribution in [0.15, 0.2) is 66.7 Å². The fourth-order valence-electron chi connectivity index (χ4n) is 5.02. The molecule has 0 bridgehead atoms. The standard InChI is InChI=1S/C32H38N2O4/c1-4-37-29-21-24(15-17-27(29)32(36)38-5-2)22-30(35)33-31(25-12-8-6-9-13-25)26-16-14-23(3)20-28(26)34-18-10-7-11-19-34/h6,8-9,12-17,20-21,31H,4-5,7,10-11,18-19,22H2,1-3H3,(H,33,35). The Balaban J connectivity index is 1.62. The lowest BCUT2D eigenvalue weighted by atomic mass is 9.94. The number of aryl methyl sites for hydroxylation is 1. The monoisotopic (exact) mass is 514 g/mol. The third-order valence-corrected chi connectivity index (χ3v) is 6.84. The lowest BCUT2D eigenvalue weighted by Crippen LogP contribution is -2.34. The lowest BCUT2D eigenvalue weighted by Gasteiger charge is -2.33. The minimum absolute atomic E-state index is 0.102. The Labute approximate surface area is 226 Å².